The lowest BCUT2D eigenvalue weighted by Gasteiger charge is -2.33. The lowest BCUT2D eigenvalue weighted by atomic mass is 9.84. The van der Waals surface area contributed by atoms with Crippen molar-refractivity contribution in [1.29, 1.82) is 0 Å². The van der Waals surface area contributed by atoms with E-state index in [1.165, 1.54) is 0 Å². The van der Waals surface area contributed by atoms with Gasteiger partial charge in [-0.3, -0.25) is 4.79 Å². The number of carbonyl (C=O) groups is 1. The summed E-state index contributed by atoms with van der Waals surface area (Å²) in [6, 6.07) is 6.39. The summed E-state index contributed by atoms with van der Waals surface area (Å²) in [6.45, 7) is 0.0756. The van der Waals surface area contributed by atoms with Crippen LogP contribution in [0.25, 0.3) is 6.08 Å². The Balaban J connectivity index is 1.73. The first-order valence-corrected chi connectivity index (χ1v) is 7.75. The van der Waals surface area contributed by atoms with Gasteiger partial charge in [-0.1, -0.05) is 31.0 Å². The first-order chi connectivity index (χ1) is 10.9. The quantitative estimate of drug-likeness (QED) is 0.900. The topological polar surface area (TPSA) is 38.3 Å². The van der Waals surface area contributed by atoms with Crippen LogP contribution < -0.4 is 10.1 Å². The van der Waals surface area contributed by atoms with Crippen molar-refractivity contribution in [2.45, 2.75) is 37.9 Å². The molecule has 0 aromatic heterocycles. The molecule has 1 aliphatic carbocycles. The van der Waals surface area contributed by atoms with Crippen molar-refractivity contribution in [1.82, 2.24) is 5.32 Å². The highest BCUT2D eigenvalue weighted by Crippen LogP contribution is 2.38. The SMILES string of the molecule is O=C(N[C@H]1CCCC[C@H]1C(F)(F)F)C1=Cc2ccccc2OC1. The molecule has 0 saturated heterocycles. The number of hydrogen-bond acceptors (Lipinski definition) is 2. The van der Waals surface area contributed by atoms with Gasteiger partial charge >= 0.3 is 6.18 Å². The third-order valence-corrected chi connectivity index (χ3v) is 4.43. The van der Waals surface area contributed by atoms with Gasteiger partial charge in [-0.2, -0.15) is 13.2 Å². The molecule has 1 fully saturated rings. The van der Waals surface area contributed by atoms with Crippen molar-refractivity contribution in [2.24, 2.45) is 5.92 Å². The zero-order valence-corrected chi connectivity index (χ0v) is 12.5. The van der Waals surface area contributed by atoms with Crippen molar-refractivity contribution in [3.63, 3.8) is 0 Å². The third kappa shape index (κ3) is 3.51. The highest BCUT2D eigenvalue weighted by Gasteiger charge is 2.46. The Bertz CT molecular complexity index is 625. The third-order valence-electron chi connectivity index (χ3n) is 4.43. The number of nitrogens with one attached hydrogen (secondary N) is 1. The van der Waals surface area contributed by atoms with Crippen LogP contribution in [0.2, 0.25) is 0 Å². The van der Waals surface area contributed by atoms with E-state index >= 15 is 0 Å². The van der Waals surface area contributed by atoms with Crippen LogP contribution >= 0.6 is 0 Å². The number of alkyl halides is 3. The van der Waals surface area contributed by atoms with Gasteiger partial charge in [0.1, 0.15) is 12.4 Å². The van der Waals surface area contributed by atoms with E-state index in [0.29, 0.717) is 30.6 Å². The van der Waals surface area contributed by atoms with Gasteiger partial charge in [0.15, 0.2) is 0 Å². The summed E-state index contributed by atoms with van der Waals surface area (Å²) in [6.07, 6.45) is -0.902. The molecular formula is C17H18F3NO2. The molecular weight excluding hydrogens is 307 g/mol. The van der Waals surface area contributed by atoms with Gasteiger partial charge in [0.2, 0.25) is 0 Å². The summed E-state index contributed by atoms with van der Waals surface area (Å²) >= 11 is 0. The van der Waals surface area contributed by atoms with Crippen LogP contribution in [0, 0.1) is 5.92 Å². The van der Waals surface area contributed by atoms with Crippen LogP contribution in [0.5, 0.6) is 5.75 Å². The molecule has 1 heterocycles. The van der Waals surface area contributed by atoms with Crippen molar-refractivity contribution in [3.8, 4) is 5.75 Å². The van der Waals surface area contributed by atoms with Gasteiger partial charge in [0, 0.05) is 11.6 Å². The van der Waals surface area contributed by atoms with Gasteiger partial charge in [0.05, 0.1) is 11.5 Å². The summed E-state index contributed by atoms with van der Waals surface area (Å²) in [5, 5.41) is 2.57. The van der Waals surface area contributed by atoms with E-state index in [9.17, 15) is 18.0 Å². The molecule has 23 heavy (non-hydrogen) atoms. The first-order valence-electron chi connectivity index (χ1n) is 7.75. The molecule has 0 unspecified atom stereocenters. The van der Waals surface area contributed by atoms with E-state index in [0.717, 1.165) is 5.56 Å². The van der Waals surface area contributed by atoms with Crippen molar-refractivity contribution >= 4 is 12.0 Å². The molecule has 1 aromatic rings. The normalized spacial score (nSPS) is 24.2. The smallest absolute Gasteiger partial charge is 0.393 e. The summed E-state index contributed by atoms with van der Waals surface area (Å²) < 4.78 is 44.8. The van der Waals surface area contributed by atoms with Gasteiger partial charge in [0.25, 0.3) is 5.91 Å². The van der Waals surface area contributed by atoms with Crippen LogP contribution in [0.4, 0.5) is 13.2 Å². The number of benzene rings is 1. The summed E-state index contributed by atoms with van der Waals surface area (Å²) in [5.41, 5.74) is 1.12. The second kappa shape index (κ2) is 6.26. The molecule has 2 atom stereocenters. The average molecular weight is 325 g/mol. The highest BCUT2D eigenvalue weighted by molar-refractivity contribution is 5.99. The maximum Gasteiger partial charge on any atom is 0.393 e. The number of halogens is 3. The van der Waals surface area contributed by atoms with E-state index < -0.39 is 24.0 Å². The number of rotatable bonds is 2. The van der Waals surface area contributed by atoms with Crippen molar-refractivity contribution in [2.75, 3.05) is 6.61 Å². The van der Waals surface area contributed by atoms with Crippen LogP contribution in [0.1, 0.15) is 31.2 Å². The minimum absolute atomic E-state index is 0.0756. The molecule has 1 saturated carbocycles. The Morgan fingerprint density at radius 2 is 1.91 bits per heavy atom. The monoisotopic (exact) mass is 325 g/mol. The van der Waals surface area contributed by atoms with E-state index in [-0.39, 0.29) is 13.0 Å². The summed E-state index contributed by atoms with van der Waals surface area (Å²) in [4.78, 5) is 12.3. The van der Waals surface area contributed by atoms with Crippen LogP contribution in [0.15, 0.2) is 29.8 Å². The number of carbonyl (C=O) groups excluding carboxylic acids is 1. The molecule has 124 valence electrons. The van der Waals surface area contributed by atoms with E-state index in [4.69, 9.17) is 4.74 Å². The Morgan fingerprint density at radius 3 is 2.70 bits per heavy atom. The predicted octanol–water partition coefficient (Wildman–Crippen LogP) is 3.70. The zero-order valence-electron chi connectivity index (χ0n) is 12.5. The van der Waals surface area contributed by atoms with Crippen LogP contribution in [0.3, 0.4) is 0 Å². The molecule has 2 aliphatic rings. The number of amides is 1. The molecule has 1 amide bonds. The fourth-order valence-electron chi connectivity index (χ4n) is 3.20. The van der Waals surface area contributed by atoms with Crippen LogP contribution in [-0.2, 0) is 4.79 Å². The second-order valence-corrected chi connectivity index (χ2v) is 6.01. The molecule has 3 rings (SSSR count). The molecule has 1 aromatic carbocycles. The Hall–Kier alpha value is -1.98. The molecule has 0 radical (unpaired) electrons. The zero-order chi connectivity index (χ0) is 16.4. The molecule has 3 nitrogen and oxygen atoms in total. The average Bonchev–Trinajstić information content (AvgIpc) is 2.54. The maximum atomic E-state index is 13.1. The van der Waals surface area contributed by atoms with Gasteiger partial charge in [-0.05, 0) is 25.0 Å². The standard InChI is InChI=1S/C17H18F3NO2/c18-17(19,20)13-6-2-3-7-14(13)21-16(22)12-9-11-5-1-4-8-15(11)23-10-12/h1,4-5,8-9,13-14H,2-3,6-7,10H2,(H,21,22)/t13-,14+/m1/s1. The van der Waals surface area contributed by atoms with Gasteiger partial charge < -0.3 is 10.1 Å². The summed E-state index contributed by atoms with van der Waals surface area (Å²) in [5.74, 6) is -1.26. The van der Waals surface area contributed by atoms with E-state index in [2.05, 4.69) is 5.32 Å². The second-order valence-electron chi connectivity index (χ2n) is 6.01. The number of hydrogen-bond donors (Lipinski definition) is 1. The largest absolute Gasteiger partial charge is 0.488 e. The van der Waals surface area contributed by atoms with Gasteiger partial charge in [-0.15, -0.1) is 0 Å². The van der Waals surface area contributed by atoms with Gasteiger partial charge in [-0.25, -0.2) is 0 Å². The van der Waals surface area contributed by atoms with Crippen LogP contribution in [-0.4, -0.2) is 24.7 Å². The Labute approximate surface area is 132 Å². The molecule has 0 spiro atoms. The first kappa shape index (κ1) is 15.9. The van der Waals surface area contributed by atoms with E-state index in [1.54, 1.807) is 18.2 Å². The molecule has 0 bridgehead atoms. The Kier molecular flexibility index (Phi) is 4.33. The number of ether oxygens (including phenoxy) is 1. The van der Waals surface area contributed by atoms with E-state index in [1.807, 2.05) is 12.1 Å². The minimum atomic E-state index is -4.28. The predicted molar refractivity (Wildman–Crippen MR) is 79.9 cm³/mol. The lowest BCUT2D eigenvalue weighted by Crippen LogP contribution is -2.48. The Morgan fingerprint density at radius 1 is 1.17 bits per heavy atom. The molecule has 1 N–H and O–H groups in total. The maximum absolute atomic E-state index is 13.1. The highest BCUT2D eigenvalue weighted by atomic mass is 19.4. The lowest BCUT2D eigenvalue weighted by molar-refractivity contribution is -0.189. The fourth-order valence-corrected chi connectivity index (χ4v) is 3.20. The molecule has 1 aliphatic heterocycles. The summed E-state index contributed by atoms with van der Waals surface area (Å²) in [7, 11) is 0. The minimum Gasteiger partial charge on any atom is -0.488 e. The van der Waals surface area contributed by atoms with Crippen molar-refractivity contribution < 1.29 is 22.7 Å². The number of para-hydroxylation sites is 1. The fraction of sp³-hybridized carbons (Fsp3) is 0.471. The van der Waals surface area contributed by atoms with Crippen molar-refractivity contribution in [3.05, 3.63) is 35.4 Å². The molecule has 6 heteroatoms. The number of fused-ring (bicyclic) bond motifs is 1.